The molecule has 2 aromatic carbocycles. The van der Waals surface area contributed by atoms with Crippen LogP contribution in [0.25, 0.3) is 0 Å². The fraction of sp³-hybridized carbons (Fsp3) is 0.273. The Morgan fingerprint density at radius 2 is 1.57 bits per heavy atom. The van der Waals surface area contributed by atoms with E-state index in [0.29, 0.717) is 29.0 Å². The van der Waals surface area contributed by atoms with Crippen LogP contribution in [0.4, 0.5) is 5.69 Å². The standard InChI is InChI=1S/C22H23NO7/c1-4-21(26)23-17-8-5-15(6-9-17)18(25)12-30-22(27)13-29-19-10-7-16(14(2)24)11-20(19)28-3/h5-11H,4,12-13H2,1-3H3,(H,23,26). The lowest BCUT2D eigenvalue weighted by atomic mass is 10.1. The molecule has 8 heteroatoms. The van der Waals surface area contributed by atoms with Crippen molar-refractivity contribution in [3.63, 3.8) is 0 Å². The summed E-state index contributed by atoms with van der Waals surface area (Å²) >= 11 is 0. The molecule has 1 amide bonds. The molecule has 8 nitrogen and oxygen atoms in total. The number of rotatable bonds is 10. The summed E-state index contributed by atoms with van der Waals surface area (Å²) in [6, 6.07) is 10.9. The summed E-state index contributed by atoms with van der Waals surface area (Å²) in [7, 11) is 1.42. The Hall–Kier alpha value is -3.68. The maximum absolute atomic E-state index is 12.2. The van der Waals surface area contributed by atoms with Gasteiger partial charge in [-0.2, -0.15) is 0 Å². The van der Waals surface area contributed by atoms with Gasteiger partial charge in [0.1, 0.15) is 0 Å². The minimum absolute atomic E-state index is 0.126. The maximum atomic E-state index is 12.2. The van der Waals surface area contributed by atoms with E-state index < -0.39 is 19.2 Å². The van der Waals surface area contributed by atoms with Crippen molar-refractivity contribution in [2.45, 2.75) is 20.3 Å². The molecule has 0 fully saturated rings. The molecule has 0 spiro atoms. The SMILES string of the molecule is CCC(=O)Nc1ccc(C(=O)COC(=O)COc2ccc(C(C)=O)cc2OC)cc1. The summed E-state index contributed by atoms with van der Waals surface area (Å²) < 4.78 is 15.5. The van der Waals surface area contributed by atoms with Crippen LogP contribution in [0.5, 0.6) is 11.5 Å². The van der Waals surface area contributed by atoms with Gasteiger partial charge >= 0.3 is 5.97 Å². The van der Waals surface area contributed by atoms with Crippen LogP contribution in [-0.2, 0) is 14.3 Å². The number of amides is 1. The number of hydrogen-bond acceptors (Lipinski definition) is 7. The van der Waals surface area contributed by atoms with Crippen molar-refractivity contribution in [2.75, 3.05) is 25.6 Å². The summed E-state index contributed by atoms with van der Waals surface area (Å²) in [5.41, 5.74) is 1.38. The van der Waals surface area contributed by atoms with Crippen molar-refractivity contribution < 1.29 is 33.4 Å². The van der Waals surface area contributed by atoms with Crippen LogP contribution in [0.2, 0.25) is 0 Å². The average Bonchev–Trinajstić information content (AvgIpc) is 2.76. The van der Waals surface area contributed by atoms with Gasteiger partial charge in [-0.25, -0.2) is 4.79 Å². The first-order valence-corrected chi connectivity index (χ1v) is 9.24. The third kappa shape index (κ3) is 6.44. The molecule has 0 heterocycles. The van der Waals surface area contributed by atoms with E-state index in [1.807, 2.05) is 0 Å². The summed E-state index contributed by atoms with van der Waals surface area (Å²) in [4.78, 5) is 46.8. The summed E-state index contributed by atoms with van der Waals surface area (Å²) in [6.07, 6.45) is 0.353. The van der Waals surface area contributed by atoms with Crippen molar-refractivity contribution in [1.29, 1.82) is 0 Å². The zero-order valence-corrected chi connectivity index (χ0v) is 17.0. The van der Waals surface area contributed by atoms with E-state index in [2.05, 4.69) is 5.32 Å². The molecule has 0 unspecified atom stereocenters. The lowest BCUT2D eigenvalue weighted by molar-refractivity contribution is -0.144. The van der Waals surface area contributed by atoms with Crippen LogP contribution < -0.4 is 14.8 Å². The highest BCUT2D eigenvalue weighted by Crippen LogP contribution is 2.28. The smallest absolute Gasteiger partial charge is 0.344 e. The van der Waals surface area contributed by atoms with Crippen LogP contribution in [0, 0.1) is 0 Å². The van der Waals surface area contributed by atoms with Crippen LogP contribution in [0.1, 0.15) is 41.0 Å². The highest BCUT2D eigenvalue weighted by molar-refractivity contribution is 5.99. The van der Waals surface area contributed by atoms with Crippen molar-refractivity contribution >= 4 is 29.1 Å². The quantitative estimate of drug-likeness (QED) is 0.471. The van der Waals surface area contributed by atoms with Gasteiger partial charge in [-0.15, -0.1) is 0 Å². The Morgan fingerprint density at radius 3 is 2.17 bits per heavy atom. The van der Waals surface area contributed by atoms with E-state index in [0.717, 1.165) is 0 Å². The largest absolute Gasteiger partial charge is 0.493 e. The Balaban J connectivity index is 1.85. The van der Waals surface area contributed by atoms with E-state index >= 15 is 0 Å². The molecule has 0 saturated carbocycles. The van der Waals surface area contributed by atoms with Gasteiger partial charge in [-0.05, 0) is 49.4 Å². The first-order valence-electron chi connectivity index (χ1n) is 9.24. The Labute approximate surface area is 174 Å². The minimum Gasteiger partial charge on any atom is -0.493 e. The number of anilines is 1. The Morgan fingerprint density at radius 1 is 0.900 bits per heavy atom. The van der Waals surface area contributed by atoms with Crippen LogP contribution in [0.3, 0.4) is 0 Å². The van der Waals surface area contributed by atoms with E-state index in [4.69, 9.17) is 14.2 Å². The molecule has 0 saturated heterocycles. The number of methoxy groups -OCH3 is 1. The molecule has 1 N–H and O–H groups in total. The predicted molar refractivity (Wildman–Crippen MR) is 109 cm³/mol. The molecule has 2 aromatic rings. The zero-order chi connectivity index (χ0) is 22.1. The van der Waals surface area contributed by atoms with Crippen LogP contribution >= 0.6 is 0 Å². The number of nitrogens with one attached hydrogen (secondary N) is 1. The van der Waals surface area contributed by atoms with Gasteiger partial charge in [0.2, 0.25) is 5.91 Å². The lowest BCUT2D eigenvalue weighted by Crippen LogP contribution is -2.19. The third-order valence-electron chi connectivity index (χ3n) is 4.09. The highest BCUT2D eigenvalue weighted by Gasteiger charge is 2.13. The molecule has 2 rings (SSSR count). The number of carbonyl (C=O) groups excluding carboxylic acids is 4. The third-order valence-corrected chi connectivity index (χ3v) is 4.09. The number of Topliss-reactive ketones (excluding diaryl/α,β-unsaturated/α-hetero) is 2. The molecular formula is C22H23NO7. The van der Waals surface area contributed by atoms with E-state index in [1.54, 1.807) is 37.3 Å². The number of hydrogen-bond donors (Lipinski definition) is 1. The van der Waals surface area contributed by atoms with Gasteiger partial charge in [-0.1, -0.05) is 6.92 Å². The number of ketones is 2. The van der Waals surface area contributed by atoms with Crippen molar-refractivity contribution in [2.24, 2.45) is 0 Å². The van der Waals surface area contributed by atoms with E-state index in [9.17, 15) is 19.2 Å². The molecule has 158 valence electrons. The van der Waals surface area contributed by atoms with Gasteiger partial charge in [0, 0.05) is 23.2 Å². The fourth-order valence-electron chi connectivity index (χ4n) is 2.40. The fourth-order valence-corrected chi connectivity index (χ4v) is 2.40. The normalized spacial score (nSPS) is 10.1. The molecule has 0 aliphatic rings. The van der Waals surface area contributed by atoms with E-state index in [-0.39, 0.29) is 23.2 Å². The predicted octanol–water partition coefficient (Wildman–Crippen LogP) is 3.05. The van der Waals surface area contributed by atoms with Crippen molar-refractivity contribution in [1.82, 2.24) is 0 Å². The van der Waals surface area contributed by atoms with Crippen LogP contribution in [-0.4, -0.2) is 43.8 Å². The van der Waals surface area contributed by atoms with E-state index in [1.165, 1.54) is 26.2 Å². The highest BCUT2D eigenvalue weighted by atomic mass is 16.6. The van der Waals surface area contributed by atoms with Gasteiger partial charge in [-0.3, -0.25) is 14.4 Å². The van der Waals surface area contributed by atoms with Gasteiger partial charge in [0.05, 0.1) is 7.11 Å². The molecule has 0 radical (unpaired) electrons. The van der Waals surface area contributed by atoms with Crippen molar-refractivity contribution in [3.05, 3.63) is 53.6 Å². The number of benzene rings is 2. The molecule has 30 heavy (non-hydrogen) atoms. The van der Waals surface area contributed by atoms with Crippen molar-refractivity contribution in [3.8, 4) is 11.5 Å². The minimum atomic E-state index is -0.729. The zero-order valence-electron chi connectivity index (χ0n) is 17.0. The first kappa shape index (κ1) is 22.6. The second kappa shape index (κ2) is 10.8. The number of ether oxygens (including phenoxy) is 3. The number of carbonyl (C=O) groups is 4. The molecule has 0 aliphatic heterocycles. The lowest BCUT2D eigenvalue weighted by Gasteiger charge is -2.11. The Bertz CT molecular complexity index is 935. The van der Waals surface area contributed by atoms with Gasteiger partial charge in [0.25, 0.3) is 0 Å². The van der Waals surface area contributed by atoms with Gasteiger partial charge in [0.15, 0.2) is 36.3 Å². The average molecular weight is 413 g/mol. The molecule has 0 aliphatic carbocycles. The molecular weight excluding hydrogens is 390 g/mol. The summed E-state index contributed by atoms with van der Waals surface area (Å²) in [5, 5.41) is 2.68. The topological polar surface area (TPSA) is 108 Å². The number of esters is 1. The van der Waals surface area contributed by atoms with Crippen LogP contribution in [0.15, 0.2) is 42.5 Å². The maximum Gasteiger partial charge on any atom is 0.344 e. The second-order valence-electron chi connectivity index (χ2n) is 6.27. The summed E-state index contributed by atoms with van der Waals surface area (Å²) in [5.74, 6) is -0.792. The Kier molecular flexibility index (Phi) is 8.10. The molecule has 0 bridgehead atoms. The molecule has 0 aromatic heterocycles. The van der Waals surface area contributed by atoms with Gasteiger partial charge < -0.3 is 19.5 Å². The first-order chi connectivity index (χ1) is 14.3. The molecule has 0 atom stereocenters. The monoisotopic (exact) mass is 413 g/mol. The second-order valence-corrected chi connectivity index (χ2v) is 6.27. The summed E-state index contributed by atoms with van der Waals surface area (Å²) in [6.45, 7) is 2.30.